The van der Waals surface area contributed by atoms with E-state index in [1.807, 2.05) is 0 Å². The highest BCUT2D eigenvalue weighted by molar-refractivity contribution is 6.15. The van der Waals surface area contributed by atoms with Crippen LogP contribution in [-0.4, -0.2) is 19.9 Å². The number of fused-ring (bicyclic) bond motifs is 8. The normalized spacial score (nSPS) is 12.2. The van der Waals surface area contributed by atoms with Gasteiger partial charge < -0.3 is 0 Å². The quantitative estimate of drug-likeness (QED) is 0.134. The molecule has 5 heteroatoms. The number of nitrogens with zero attached hydrogens (tertiary/aromatic N) is 5. The molecule has 12 rings (SSSR count). The van der Waals surface area contributed by atoms with E-state index < -0.39 is 0 Å². The number of rotatable bonds is 4. The van der Waals surface area contributed by atoms with E-state index in [4.69, 9.17) is 19.9 Å². The van der Waals surface area contributed by atoms with Crippen LogP contribution in [0.4, 0.5) is 22.7 Å². The predicted octanol–water partition coefficient (Wildman–Crippen LogP) is 13.8. The highest BCUT2D eigenvalue weighted by Crippen LogP contribution is 2.59. The first kappa shape index (κ1) is 31.7. The molecule has 0 spiro atoms. The molecule has 0 aliphatic rings. The Morgan fingerprint density at radius 2 is 0.456 bits per heavy atom. The number of para-hydroxylation sites is 4. The molecular weight excluding hydrogens is 695 g/mol. The minimum absolute atomic E-state index is 0.212. The molecule has 4 aromatic heterocycles. The average Bonchev–Trinajstić information content (AvgIpc) is 3.26. The van der Waals surface area contributed by atoms with Crippen LogP contribution >= 0.6 is 0 Å². The van der Waals surface area contributed by atoms with E-state index in [1.165, 1.54) is 0 Å². The van der Waals surface area contributed by atoms with E-state index >= 15 is 0 Å². The minimum Gasteiger partial charge on any atom is -0.248 e. The van der Waals surface area contributed by atoms with Crippen molar-refractivity contribution in [3.8, 4) is 0 Å². The highest BCUT2D eigenvalue weighted by atomic mass is 15.4. The van der Waals surface area contributed by atoms with Gasteiger partial charge in [-0.3, -0.25) is 0 Å². The van der Waals surface area contributed by atoms with Gasteiger partial charge in [-0.25, -0.2) is 19.9 Å². The summed E-state index contributed by atoms with van der Waals surface area (Å²) in [5, 5.41) is 8.54. The Balaban J connectivity index is 1.37. The zero-order valence-electron chi connectivity index (χ0n) is 30.7. The molecule has 0 unspecified atom stereocenters. The van der Waals surface area contributed by atoms with Gasteiger partial charge in [-0.15, -0.1) is 0 Å². The summed E-state index contributed by atoms with van der Waals surface area (Å²) in [6.07, 6.45) is 0. The summed E-state index contributed by atoms with van der Waals surface area (Å²) in [6, 6.07) is 69.1. The fraction of sp³-hybridized carbons (Fsp3) is 0. The van der Waals surface area contributed by atoms with Gasteiger partial charge in [0.2, 0.25) is 0 Å². The van der Waals surface area contributed by atoms with Crippen molar-refractivity contribution in [3.63, 3.8) is 0 Å². The molecule has 0 aliphatic carbocycles. The summed E-state index contributed by atoms with van der Waals surface area (Å²) in [7, 11) is 0. The maximum atomic E-state index is 5.30. The number of pyridine rings is 4. The third kappa shape index (κ3) is 4.73. The smallest absolute Gasteiger partial charge is 0.157 e. The van der Waals surface area contributed by atoms with Crippen LogP contribution in [0.2, 0.25) is 0 Å². The van der Waals surface area contributed by atoms with E-state index in [-0.39, 0.29) is 4.48 Å². The largest absolute Gasteiger partial charge is 0.248 e. The first-order chi connectivity index (χ1) is 28.2. The summed E-state index contributed by atoms with van der Waals surface area (Å²) >= 11 is 0. The number of quaternary nitrogens is 1. The zero-order chi connectivity index (χ0) is 37.5. The minimum atomic E-state index is 0.212. The van der Waals surface area contributed by atoms with Crippen LogP contribution in [0.25, 0.3) is 87.2 Å². The lowest BCUT2D eigenvalue weighted by molar-refractivity contribution is 0.726. The fourth-order valence-electron chi connectivity index (χ4n) is 9.08. The standard InChI is InChI=1S/C52H32N5/c1-5-17-41-33(13-1)29-37-45(53-41)21-9-25-49(37)57(50-26-10-22-46-38(50)30-34-14-2-6-18-42(34)54-46,51-27-11-23-47-39(51)31-35-15-3-7-19-43(35)55-47)52-28-12-24-48-40(52)32-36-16-4-8-20-44(36)56-48/h1-32H/q+1. The molecule has 0 fully saturated rings. The van der Waals surface area contributed by atoms with Crippen LogP contribution < -0.4 is 4.48 Å². The van der Waals surface area contributed by atoms with Gasteiger partial charge in [0.15, 0.2) is 22.7 Å². The van der Waals surface area contributed by atoms with Crippen LogP contribution in [-0.2, 0) is 0 Å². The molecule has 264 valence electrons. The Kier molecular flexibility index (Phi) is 6.79. The molecule has 57 heavy (non-hydrogen) atoms. The number of benzene rings is 8. The molecule has 8 aromatic carbocycles. The van der Waals surface area contributed by atoms with Gasteiger partial charge in [0.05, 0.1) is 65.7 Å². The van der Waals surface area contributed by atoms with Crippen LogP contribution in [0.1, 0.15) is 0 Å². The number of hydrogen-bond donors (Lipinski definition) is 0. The first-order valence-corrected chi connectivity index (χ1v) is 19.3. The van der Waals surface area contributed by atoms with Crippen molar-refractivity contribution in [2.24, 2.45) is 0 Å². The van der Waals surface area contributed by atoms with Crippen molar-refractivity contribution in [2.45, 2.75) is 0 Å². The van der Waals surface area contributed by atoms with E-state index in [0.717, 1.165) is 110 Å². The second-order valence-electron chi connectivity index (χ2n) is 14.8. The molecule has 0 atom stereocenters. The second kappa shape index (κ2) is 12.2. The topological polar surface area (TPSA) is 51.6 Å². The van der Waals surface area contributed by atoms with Crippen molar-refractivity contribution >= 4 is 110 Å². The molecule has 0 radical (unpaired) electrons. The van der Waals surface area contributed by atoms with Gasteiger partial charge in [0.1, 0.15) is 0 Å². The lowest BCUT2D eigenvalue weighted by Crippen LogP contribution is -2.34. The van der Waals surface area contributed by atoms with Crippen molar-refractivity contribution in [2.75, 3.05) is 0 Å². The summed E-state index contributed by atoms with van der Waals surface area (Å²) in [5.41, 5.74) is 11.8. The maximum Gasteiger partial charge on any atom is 0.157 e. The molecule has 0 saturated heterocycles. The van der Waals surface area contributed by atoms with E-state index in [2.05, 4.69) is 194 Å². The van der Waals surface area contributed by atoms with E-state index in [9.17, 15) is 0 Å². The van der Waals surface area contributed by atoms with E-state index in [0.29, 0.717) is 0 Å². The third-order valence-electron chi connectivity index (χ3n) is 11.6. The molecule has 12 aromatic rings. The third-order valence-corrected chi connectivity index (χ3v) is 11.6. The van der Waals surface area contributed by atoms with Gasteiger partial charge in [-0.05, 0) is 72.8 Å². The SMILES string of the molecule is c1ccc2nc3cccc([N+](c4cccc5nc6ccccc6cc45)(c4cccc5nc6ccccc6cc45)c4cccc5nc6ccccc6cc45)c3cc2c1. The number of aromatic nitrogens is 4. The summed E-state index contributed by atoms with van der Waals surface area (Å²) < 4.78 is 0.212. The van der Waals surface area contributed by atoms with Gasteiger partial charge in [0, 0.05) is 45.8 Å². The monoisotopic (exact) mass is 726 g/mol. The highest BCUT2D eigenvalue weighted by Gasteiger charge is 2.45. The van der Waals surface area contributed by atoms with Gasteiger partial charge in [-0.2, -0.15) is 4.48 Å². The lowest BCUT2D eigenvalue weighted by Gasteiger charge is -2.39. The molecule has 4 heterocycles. The Morgan fingerprint density at radius 3 is 0.719 bits per heavy atom. The Bertz CT molecular complexity index is 3130. The summed E-state index contributed by atoms with van der Waals surface area (Å²) in [6.45, 7) is 0. The Hall–Kier alpha value is -7.60. The molecule has 0 bridgehead atoms. The van der Waals surface area contributed by atoms with Crippen molar-refractivity contribution in [1.29, 1.82) is 0 Å². The van der Waals surface area contributed by atoms with Gasteiger partial charge in [-0.1, -0.05) is 97.1 Å². The summed E-state index contributed by atoms with van der Waals surface area (Å²) in [4.78, 5) is 21.2. The van der Waals surface area contributed by atoms with Crippen molar-refractivity contribution in [1.82, 2.24) is 24.4 Å². The molecular formula is C52H32N5+. The zero-order valence-corrected chi connectivity index (χ0v) is 30.7. The molecule has 0 aliphatic heterocycles. The van der Waals surface area contributed by atoms with Crippen LogP contribution in [0.15, 0.2) is 194 Å². The van der Waals surface area contributed by atoms with Crippen LogP contribution in [0.5, 0.6) is 0 Å². The predicted molar refractivity (Wildman–Crippen MR) is 238 cm³/mol. The average molecular weight is 727 g/mol. The van der Waals surface area contributed by atoms with Gasteiger partial charge in [0.25, 0.3) is 0 Å². The van der Waals surface area contributed by atoms with E-state index in [1.54, 1.807) is 0 Å². The number of hydrogen-bond acceptors (Lipinski definition) is 4. The molecule has 0 N–H and O–H groups in total. The fourth-order valence-corrected chi connectivity index (χ4v) is 9.08. The summed E-state index contributed by atoms with van der Waals surface area (Å²) in [5.74, 6) is 0. The van der Waals surface area contributed by atoms with Crippen molar-refractivity contribution in [3.05, 3.63) is 194 Å². The lowest BCUT2D eigenvalue weighted by atomic mass is 9.96. The molecule has 0 saturated carbocycles. The second-order valence-corrected chi connectivity index (χ2v) is 14.8. The molecule has 5 nitrogen and oxygen atoms in total. The Labute approximate surface area is 327 Å². The van der Waals surface area contributed by atoms with Crippen molar-refractivity contribution < 1.29 is 0 Å². The first-order valence-electron chi connectivity index (χ1n) is 19.3. The van der Waals surface area contributed by atoms with Crippen LogP contribution in [0, 0.1) is 0 Å². The Morgan fingerprint density at radius 1 is 0.228 bits per heavy atom. The maximum absolute atomic E-state index is 5.30. The van der Waals surface area contributed by atoms with Crippen LogP contribution in [0.3, 0.4) is 0 Å². The van der Waals surface area contributed by atoms with Gasteiger partial charge >= 0.3 is 0 Å². The molecule has 0 amide bonds.